The summed E-state index contributed by atoms with van der Waals surface area (Å²) in [7, 11) is 0. The van der Waals surface area contributed by atoms with Crippen LogP contribution in [0, 0.1) is 0 Å². The molecule has 0 aromatic heterocycles. The van der Waals surface area contributed by atoms with Crippen LogP contribution >= 0.6 is 0 Å². The standard InChI is InChI=1S/C15H33NO2/c1-6-17-13-14(2)18-12-10-8-7-9-11-16-15(3,4)5/h14,16H,6-13H2,1-5H3. The van der Waals surface area contributed by atoms with Gasteiger partial charge in [0.05, 0.1) is 12.7 Å². The van der Waals surface area contributed by atoms with Crippen LogP contribution < -0.4 is 5.32 Å². The Hall–Kier alpha value is -0.120. The Morgan fingerprint density at radius 3 is 2.33 bits per heavy atom. The fourth-order valence-electron chi connectivity index (χ4n) is 1.66. The van der Waals surface area contributed by atoms with Gasteiger partial charge >= 0.3 is 0 Å². The highest BCUT2D eigenvalue weighted by atomic mass is 16.5. The van der Waals surface area contributed by atoms with E-state index in [1.807, 2.05) is 6.92 Å². The van der Waals surface area contributed by atoms with Crippen molar-refractivity contribution in [3.05, 3.63) is 0 Å². The number of hydrogen-bond acceptors (Lipinski definition) is 3. The van der Waals surface area contributed by atoms with E-state index in [9.17, 15) is 0 Å². The highest BCUT2D eigenvalue weighted by Gasteiger charge is 2.06. The van der Waals surface area contributed by atoms with Crippen molar-refractivity contribution >= 4 is 0 Å². The van der Waals surface area contributed by atoms with Crippen LogP contribution in [0.4, 0.5) is 0 Å². The fourth-order valence-corrected chi connectivity index (χ4v) is 1.66. The summed E-state index contributed by atoms with van der Waals surface area (Å²) in [6.07, 6.45) is 5.18. The number of nitrogens with one attached hydrogen (secondary N) is 1. The topological polar surface area (TPSA) is 30.5 Å². The Morgan fingerprint density at radius 2 is 1.72 bits per heavy atom. The number of hydrogen-bond donors (Lipinski definition) is 1. The van der Waals surface area contributed by atoms with Crippen molar-refractivity contribution in [2.75, 3.05) is 26.4 Å². The zero-order chi connectivity index (χ0) is 13.9. The smallest absolute Gasteiger partial charge is 0.0780 e. The van der Waals surface area contributed by atoms with E-state index in [1.165, 1.54) is 19.3 Å². The molecular weight excluding hydrogens is 226 g/mol. The van der Waals surface area contributed by atoms with E-state index in [2.05, 4.69) is 33.0 Å². The van der Waals surface area contributed by atoms with Crippen LogP contribution in [0.3, 0.4) is 0 Å². The van der Waals surface area contributed by atoms with Crippen LogP contribution in [0.25, 0.3) is 0 Å². The van der Waals surface area contributed by atoms with Gasteiger partial charge in [0, 0.05) is 18.8 Å². The van der Waals surface area contributed by atoms with Gasteiger partial charge in [-0.25, -0.2) is 0 Å². The van der Waals surface area contributed by atoms with Gasteiger partial charge in [0.2, 0.25) is 0 Å². The maximum atomic E-state index is 5.66. The number of rotatable bonds is 11. The molecule has 0 heterocycles. The minimum absolute atomic E-state index is 0.229. The van der Waals surface area contributed by atoms with Gasteiger partial charge in [0.1, 0.15) is 0 Å². The molecule has 0 amide bonds. The minimum Gasteiger partial charge on any atom is -0.379 e. The molecule has 0 radical (unpaired) electrons. The monoisotopic (exact) mass is 259 g/mol. The van der Waals surface area contributed by atoms with Gasteiger partial charge < -0.3 is 14.8 Å². The SMILES string of the molecule is CCOCC(C)OCCCCCCNC(C)(C)C. The molecule has 1 atom stereocenters. The molecule has 0 aromatic carbocycles. The Kier molecular flexibility index (Phi) is 10.7. The summed E-state index contributed by atoms with van der Waals surface area (Å²) < 4.78 is 11.0. The van der Waals surface area contributed by atoms with Gasteiger partial charge in [-0.15, -0.1) is 0 Å². The van der Waals surface area contributed by atoms with E-state index in [0.29, 0.717) is 6.61 Å². The molecule has 0 aliphatic heterocycles. The molecule has 0 saturated heterocycles. The summed E-state index contributed by atoms with van der Waals surface area (Å²) in [5, 5.41) is 3.51. The molecular formula is C15H33NO2. The van der Waals surface area contributed by atoms with Crippen molar-refractivity contribution in [2.45, 2.75) is 71.9 Å². The summed E-state index contributed by atoms with van der Waals surface area (Å²) in [5.41, 5.74) is 0.248. The van der Waals surface area contributed by atoms with Crippen molar-refractivity contribution < 1.29 is 9.47 Å². The van der Waals surface area contributed by atoms with Crippen molar-refractivity contribution in [2.24, 2.45) is 0 Å². The second-order valence-corrected chi connectivity index (χ2v) is 5.93. The fraction of sp³-hybridized carbons (Fsp3) is 1.00. The summed E-state index contributed by atoms with van der Waals surface area (Å²) in [6.45, 7) is 14.2. The first-order valence-electron chi connectivity index (χ1n) is 7.40. The van der Waals surface area contributed by atoms with Gasteiger partial charge in [0.25, 0.3) is 0 Å². The van der Waals surface area contributed by atoms with Gasteiger partial charge in [-0.1, -0.05) is 12.8 Å². The largest absolute Gasteiger partial charge is 0.379 e. The second-order valence-electron chi connectivity index (χ2n) is 5.93. The quantitative estimate of drug-likeness (QED) is 0.577. The molecule has 1 unspecified atom stereocenters. The average Bonchev–Trinajstić information content (AvgIpc) is 2.28. The Morgan fingerprint density at radius 1 is 1.06 bits per heavy atom. The van der Waals surface area contributed by atoms with Crippen molar-refractivity contribution in [3.63, 3.8) is 0 Å². The Balaban J connectivity index is 3.16. The zero-order valence-electron chi connectivity index (χ0n) is 13.1. The molecule has 1 N–H and O–H groups in total. The van der Waals surface area contributed by atoms with E-state index in [4.69, 9.17) is 9.47 Å². The summed E-state index contributed by atoms with van der Waals surface area (Å²) in [6, 6.07) is 0. The predicted molar refractivity (Wildman–Crippen MR) is 78.1 cm³/mol. The molecule has 0 saturated carbocycles. The van der Waals surface area contributed by atoms with Gasteiger partial charge in [-0.05, 0) is 54.0 Å². The van der Waals surface area contributed by atoms with Crippen molar-refractivity contribution in [3.8, 4) is 0 Å². The third-order valence-corrected chi connectivity index (χ3v) is 2.69. The predicted octanol–water partition coefficient (Wildman–Crippen LogP) is 3.38. The van der Waals surface area contributed by atoms with E-state index in [0.717, 1.165) is 26.2 Å². The minimum atomic E-state index is 0.229. The highest BCUT2D eigenvalue weighted by molar-refractivity contribution is 4.69. The molecule has 0 aliphatic carbocycles. The Bertz CT molecular complexity index is 178. The van der Waals surface area contributed by atoms with E-state index < -0.39 is 0 Å². The van der Waals surface area contributed by atoms with Crippen molar-refractivity contribution in [1.29, 1.82) is 0 Å². The molecule has 3 nitrogen and oxygen atoms in total. The molecule has 3 heteroatoms. The second kappa shape index (κ2) is 10.8. The molecule has 18 heavy (non-hydrogen) atoms. The zero-order valence-corrected chi connectivity index (χ0v) is 13.1. The van der Waals surface area contributed by atoms with E-state index in [1.54, 1.807) is 0 Å². The highest BCUT2D eigenvalue weighted by Crippen LogP contribution is 2.03. The van der Waals surface area contributed by atoms with Gasteiger partial charge in [0.15, 0.2) is 0 Å². The van der Waals surface area contributed by atoms with Crippen LogP contribution in [0.5, 0.6) is 0 Å². The Labute approximate surface area is 114 Å². The lowest BCUT2D eigenvalue weighted by molar-refractivity contribution is -0.00458. The third kappa shape index (κ3) is 13.9. The first-order chi connectivity index (χ1) is 8.45. The lowest BCUT2D eigenvalue weighted by Crippen LogP contribution is -2.36. The van der Waals surface area contributed by atoms with Crippen LogP contribution in [0.15, 0.2) is 0 Å². The molecule has 0 bridgehead atoms. The number of ether oxygens (including phenoxy) is 2. The first kappa shape index (κ1) is 17.9. The normalized spacial score (nSPS) is 13.8. The van der Waals surface area contributed by atoms with E-state index >= 15 is 0 Å². The van der Waals surface area contributed by atoms with Crippen LogP contribution in [-0.4, -0.2) is 38.0 Å². The summed E-state index contributed by atoms with van der Waals surface area (Å²) in [5.74, 6) is 0. The summed E-state index contributed by atoms with van der Waals surface area (Å²) >= 11 is 0. The molecule has 110 valence electrons. The number of unbranched alkanes of at least 4 members (excludes halogenated alkanes) is 3. The molecule has 0 rings (SSSR count). The van der Waals surface area contributed by atoms with Crippen LogP contribution in [-0.2, 0) is 9.47 Å². The molecule has 0 aromatic rings. The third-order valence-electron chi connectivity index (χ3n) is 2.69. The van der Waals surface area contributed by atoms with Crippen LogP contribution in [0.1, 0.15) is 60.3 Å². The lowest BCUT2D eigenvalue weighted by atomic mass is 10.1. The van der Waals surface area contributed by atoms with Gasteiger partial charge in [-0.2, -0.15) is 0 Å². The first-order valence-corrected chi connectivity index (χ1v) is 7.40. The summed E-state index contributed by atoms with van der Waals surface area (Å²) in [4.78, 5) is 0. The molecule has 0 fully saturated rings. The molecule has 0 aliphatic rings. The van der Waals surface area contributed by atoms with Crippen molar-refractivity contribution in [1.82, 2.24) is 5.32 Å². The maximum Gasteiger partial charge on any atom is 0.0780 e. The van der Waals surface area contributed by atoms with E-state index in [-0.39, 0.29) is 11.6 Å². The maximum absolute atomic E-state index is 5.66. The average molecular weight is 259 g/mol. The lowest BCUT2D eigenvalue weighted by Gasteiger charge is -2.20. The van der Waals surface area contributed by atoms with Gasteiger partial charge in [-0.3, -0.25) is 0 Å². The van der Waals surface area contributed by atoms with Crippen LogP contribution in [0.2, 0.25) is 0 Å². The molecule has 0 spiro atoms.